The van der Waals surface area contributed by atoms with Crippen LogP contribution in [0.5, 0.6) is 0 Å². The van der Waals surface area contributed by atoms with Crippen LogP contribution in [-0.2, 0) is 0 Å². The minimum absolute atomic E-state index is 0.730. The molecule has 17 heavy (non-hydrogen) atoms. The van der Waals surface area contributed by atoms with Gasteiger partial charge in [0.1, 0.15) is 0 Å². The van der Waals surface area contributed by atoms with Crippen molar-refractivity contribution in [3.05, 3.63) is 0 Å². The van der Waals surface area contributed by atoms with Crippen LogP contribution in [0.15, 0.2) is 0 Å². The average Bonchev–Trinajstić information content (AvgIpc) is 2.75. The van der Waals surface area contributed by atoms with E-state index in [0.29, 0.717) is 0 Å². The molecule has 96 valence electrons. The Balaban J connectivity index is 1.42. The summed E-state index contributed by atoms with van der Waals surface area (Å²) in [6, 6.07) is 1.75. The molecular formula is C15H26N2. The fourth-order valence-electron chi connectivity index (χ4n) is 5.27. The van der Waals surface area contributed by atoms with Crippen LogP contribution in [0.1, 0.15) is 39.0 Å². The smallest absolute Gasteiger partial charge is 0.0164 e. The summed E-state index contributed by atoms with van der Waals surface area (Å²) in [5.74, 6) is 4.54. The highest BCUT2D eigenvalue weighted by Crippen LogP contribution is 2.67. The van der Waals surface area contributed by atoms with Crippen LogP contribution >= 0.6 is 0 Å². The highest BCUT2D eigenvalue weighted by Gasteiger charge is 2.66. The monoisotopic (exact) mass is 234 g/mol. The van der Waals surface area contributed by atoms with E-state index in [4.69, 9.17) is 0 Å². The van der Waals surface area contributed by atoms with Gasteiger partial charge < -0.3 is 5.32 Å². The summed E-state index contributed by atoms with van der Waals surface area (Å²) < 4.78 is 0. The Hall–Kier alpha value is -0.0800. The molecule has 0 spiro atoms. The van der Waals surface area contributed by atoms with E-state index in [2.05, 4.69) is 17.1 Å². The molecule has 5 atom stereocenters. The third-order valence-corrected chi connectivity index (χ3v) is 6.08. The Bertz CT molecular complexity index is 287. The van der Waals surface area contributed by atoms with E-state index in [-0.39, 0.29) is 0 Å². The van der Waals surface area contributed by atoms with Crippen LogP contribution in [-0.4, -0.2) is 36.6 Å². The summed E-state index contributed by atoms with van der Waals surface area (Å²) in [6.45, 7) is 6.29. The lowest BCUT2D eigenvalue weighted by molar-refractivity contribution is 0.194. The van der Waals surface area contributed by atoms with Gasteiger partial charge in [-0.25, -0.2) is 0 Å². The Morgan fingerprint density at radius 2 is 1.76 bits per heavy atom. The summed E-state index contributed by atoms with van der Waals surface area (Å²) in [5, 5.41) is 3.62. The fourth-order valence-corrected chi connectivity index (χ4v) is 5.27. The third-order valence-electron chi connectivity index (χ3n) is 6.08. The van der Waals surface area contributed by atoms with Gasteiger partial charge in [-0.2, -0.15) is 0 Å². The van der Waals surface area contributed by atoms with Crippen molar-refractivity contribution in [2.75, 3.05) is 19.6 Å². The molecule has 2 bridgehead atoms. The van der Waals surface area contributed by atoms with Crippen molar-refractivity contribution < 1.29 is 0 Å². The zero-order valence-corrected chi connectivity index (χ0v) is 11.1. The maximum atomic E-state index is 3.62. The van der Waals surface area contributed by atoms with E-state index < -0.39 is 0 Å². The van der Waals surface area contributed by atoms with E-state index in [9.17, 15) is 0 Å². The molecule has 0 amide bonds. The molecule has 0 radical (unpaired) electrons. The van der Waals surface area contributed by atoms with Crippen molar-refractivity contribution in [1.82, 2.24) is 10.2 Å². The van der Waals surface area contributed by atoms with E-state index in [0.717, 1.165) is 35.8 Å². The Kier molecular flexibility index (Phi) is 2.52. The molecule has 1 heterocycles. The van der Waals surface area contributed by atoms with Gasteiger partial charge in [0.15, 0.2) is 0 Å². The molecule has 2 heteroatoms. The summed E-state index contributed by atoms with van der Waals surface area (Å²) in [5.41, 5.74) is 0. The molecule has 0 aromatic carbocycles. The normalized spacial score (nSPS) is 54.2. The number of nitrogens with one attached hydrogen (secondary N) is 1. The molecule has 2 nitrogen and oxygen atoms in total. The van der Waals surface area contributed by atoms with Crippen LogP contribution in [0.2, 0.25) is 0 Å². The quantitative estimate of drug-likeness (QED) is 0.747. The number of rotatable bonds is 1. The molecule has 4 fully saturated rings. The number of hydrogen-bond acceptors (Lipinski definition) is 2. The summed E-state index contributed by atoms with van der Waals surface area (Å²) in [7, 11) is 0. The van der Waals surface area contributed by atoms with E-state index in [1.165, 1.54) is 32.5 Å². The SMILES string of the molecule is CC1CCN(C2C3C4CCC(C4)C32)CCCN1. The van der Waals surface area contributed by atoms with E-state index in [1.54, 1.807) is 19.3 Å². The van der Waals surface area contributed by atoms with Gasteiger partial charge in [-0.05, 0) is 82.3 Å². The van der Waals surface area contributed by atoms with Crippen LogP contribution < -0.4 is 5.32 Å². The van der Waals surface area contributed by atoms with Gasteiger partial charge in [0.25, 0.3) is 0 Å². The standard InChI is InChI=1S/C15H26N2/c1-10-5-8-17(7-2-6-16-10)15-13-11-3-4-12(9-11)14(13)15/h10-16H,2-9H2,1H3. The fraction of sp³-hybridized carbons (Fsp3) is 1.00. The minimum Gasteiger partial charge on any atom is -0.314 e. The first-order chi connectivity index (χ1) is 8.34. The second kappa shape index (κ2) is 3.96. The molecule has 3 saturated carbocycles. The first-order valence-corrected chi connectivity index (χ1v) is 7.82. The molecule has 4 aliphatic rings. The predicted octanol–water partition coefficient (Wildman–Crippen LogP) is 2.10. The molecule has 0 aromatic rings. The van der Waals surface area contributed by atoms with Gasteiger partial charge in [0.05, 0.1) is 0 Å². The van der Waals surface area contributed by atoms with Crippen molar-refractivity contribution in [3.8, 4) is 0 Å². The highest BCUT2D eigenvalue weighted by atomic mass is 15.2. The Morgan fingerprint density at radius 1 is 1.00 bits per heavy atom. The van der Waals surface area contributed by atoms with Crippen molar-refractivity contribution in [1.29, 1.82) is 0 Å². The van der Waals surface area contributed by atoms with Gasteiger partial charge in [-0.15, -0.1) is 0 Å². The van der Waals surface area contributed by atoms with Crippen molar-refractivity contribution in [3.63, 3.8) is 0 Å². The third kappa shape index (κ3) is 1.67. The molecule has 4 rings (SSSR count). The van der Waals surface area contributed by atoms with Crippen LogP contribution in [0.3, 0.4) is 0 Å². The summed E-state index contributed by atoms with van der Waals surface area (Å²) in [4.78, 5) is 2.87. The number of hydrogen-bond donors (Lipinski definition) is 1. The van der Waals surface area contributed by atoms with Gasteiger partial charge in [-0.1, -0.05) is 0 Å². The topological polar surface area (TPSA) is 15.3 Å². The van der Waals surface area contributed by atoms with Gasteiger partial charge in [-0.3, -0.25) is 4.90 Å². The van der Waals surface area contributed by atoms with Crippen molar-refractivity contribution in [2.45, 2.75) is 51.1 Å². The van der Waals surface area contributed by atoms with Gasteiger partial charge in [0, 0.05) is 12.1 Å². The molecule has 0 aromatic heterocycles. The molecule has 5 unspecified atom stereocenters. The maximum Gasteiger partial charge on any atom is 0.0164 e. The molecule has 1 saturated heterocycles. The second-order valence-electron chi connectivity index (χ2n) is 7.01. The summed E-state index contributed by atoms with van der Waals surface area (Å²) in [6.07, 6.45) is 7.43. The lowest BCUT2D eigenvalue weighted by Crippen LogP contribution is -2.40. The van der Waals surface area contributed by atoms with Crippen LogP contribution in [0, 0.1) is 23.7 Å². The predicted molar refractivity (Wildman–Crippen MR) is 69.9 cm³/mol. The average molecular weight is 234 g/mol. The molecular weight excluding hydrogens is 208 g/mol. The molecule has 3 aliphatic carbocycles. The minimum atomic E-state index is 0.730. The number of fused-ring (bicyclic) bond motifs is 5. The van der Waals surface area contributed by atoms with E-state index >= 15 is 0 Å². The lowest BCUT2D eigenvalue weighted by atomic mass is 10.0. The molecule has 1 N–H and O–H groups in total. The maximum absolute atomic E-state index is 3.62. The summed E-state index contributed by atoms with van der Waals surface area (Å²) >= 11 is 0. The molecule has 1 aliphatic heterocycles. The first kappa shape index (κ1) is 10.8. The van der Waals surface area contributed by atoms with Gasteiger partial charge in [0.2, 0.25) is 0 Å². The Labute approximate surface area is 105 Å². The van der Waals surface area contributed by atoms with Crippen molar-refractivity contribution in [2.24, 2.45) is 23.7 Å². The van der Waals surface area contributed by atoms with Crippen LogP contribution in [0.4, 0.5) is 0 Å². The number of nitrogens with zero attached hydrogens (tertiary/aromatic N) is 1. The zero-order chi connectivity index (χ0) is 11.4. The first-order valence-electron chi connectivity index (χ1n) is 7.82. The van der Waals surface area contributed by atoms with Gasteiger partial charge >= 0.3 is 0 Å². The Morgan fingerprint density at radius 3 is 2.53 bits per heavy atom. The van der Waals surface area contributed by atoms with Crippen LogP contribution in [0.25, 0.3) is 0 Å². The van der Waals surface area contributed by atoms with Crippen molar-refractivity contribution >= 4 is 0 Å². The zero-order valence-electron chi connectivity index (χ0n) is 11.1. The second-order valence-corrected chi connectivity index (χ2v) is 7.01. The van der Waals surface area contributed by atoms with E-state index in [1.807, 2.05) is 0 Å². The lowest BCUT2D eigenvalue weighted by Gasteiger charge is -2.29. The highest BCUT2D eigenvalue weighted by molar-refractivity contribution is 5.17. The largest absolute Gasteiger partial charge is 0.314 e.